The minimum absolute atomic E-state index is 0.385. The van der Waals surface area contributed by atoms with Crippen molar-refractivity contribution in [2.45, 2.75) is 32.8 Å². The second-order valence-electron chi connectivity index (χ2n) is 6.06. The van der Waals surface area contributed by atoms with Crippen LogP contribution in [-0.4, -0.2) is 30.7 Å². The number of benzene rings is 1. The first-order chi connectivity index (χ1) is 10.8. The zero-order valence-electron chi connectivity index (χ0n) is 13.5. The molecule has 1 amide bonds. The van der Waals surface area contributed by atoms with Gasteiger partial charge in [-0.25, -0.2) is 4.79 Å². The number of hydrogen-bond acceptors (Lipinski definition) is 5. The lowest BCUT2D eigenvalue weighted by Crippen LogP contribution is -2.46. The van der Waals surface area contributed by atoms with Crippen molar-refractivity contribution in [1.29, 1.82) is 0 Å². The maximum Gasteiger partial charge on any atom is 0.407 e. The number of nitrogens with one attached hydrogen (secondary N) is 3. The number of aliphatic imine (C=N–C) groups is 1. The zero-order valence-corrected chi connectivity index (χ0v) is 13.5. The van der Waals surface area contributed by atoms with E-state index in [4.69, 9.17) is 4.74 Å². The second kappa shape index (κ2) is 7.19. The Labute approximate surface area is 135 Å². The molecule has 8 heteroatoms. The molecule has 3 N–H and O–H groups in total. The van der Waals surface area contributed by atoms with Crippen molar-refractivity contribution in [3.05, 3.63) is 29.5 Å². The number of anilines is 2. The van der Waals surface area contributed by atoms with Gasteiger partial charge in [0.05, 0.1) is 11.4 Å². The Morgan fingerprint density at radius 2 is 2.13 bits per heavy atom. The van der Waals surface area contributed by atoms with Crippen molar-refractivity contribution < 1.29 is 9.53 Å². The van der Waals surface area contributed by atoms with Gasteiger partial charge in [-0.15, -0.1) is 0 Å². The number of guanidine groups is 1. The van der Waals surface area contributed by atoms with E-state index in [0.29, 0.717) is 42.0 Å². The van der Waals surface area contributed by atoms with Gasteiger partial charge in [-0.1, -0.05) is 12.1 Å². The van der Waals surface area contributed by atoms with Crippen LogP contribution in [0, 0.1) is 5.21 Å². The van der Waals surface area contributed by atoms with Gasteiger partial charge < -0.3 is 25.7 Å². The molecule has 8 nitrogen and oxygen atoms in total. The van der Waals surface area contributed by atoms with Gasteiger partial charge in [0.2, 0.25) is 5.96 Å². The predicted molar refractivity (Wildman–Crippen MR) is 90.2 cm³/mol. The van der Waals surface area contributed by atoms with Gasteiger partial charge in [0.1, 0.15) is 5.60 Å². The van der Waals surface area contributed by atoms with E-state index in [2.05, 4.69) is 21.1 Å². The summed E-state index contributed by atoms with van der Waals surface area (Å²) in [5, 5.41) is 18.2. The van der Waals surface area contributed by atoms with E-state index < -0.39 is 11.7 Å². The normalized spacial score (nSPS) is 15.5. The zero-order chi connectivity index (χ0) is 16.9. The molecule has 1 aliphatic rings. The molecule has 0 radical (unpaired) electrons. The minimum atomic E-state index is -0.509. The summed E-state index contributed by atoms with van der Waals surface area (Å²) in [6.45, 7) is 6.34. The summed E-state index contributed by atoms with van der Waals surface area (Å²) in [5.74, 6) is 0.385. The largest absolute Gasteiger partial charge is 0.739 e. The van der Waals surface area contributed by atoms with Gasteiger partial charge in [0.25, 0.3) is 0 Å². The molecule has 1 aliphatic heterocycles. The molecule has 23 heavy (non-hydrogen) atoms. The summed E-state index contributed by atoms with van der Waals surface area (Å²) in [4.78, 5) is 15.7. The number of amides is 1. The number of carbonyl (C=O) groups is 1. The lowest BCUT2D eigenvalue weighted by atomic mass is 10.2. The average Bonchev–Trinajstić information content (AvgIpc) is 2.45. The van der Waals surface area contributed by atoms with Gasteiger partial charge in [0, 0.05) is 13.1 Å². The van der Waals surface area contributed by atoms with Crippen molar-refractivity contribution in [1.82, 2.24) is 10.7 Å². The number of fused-ring (bicyclic) bond motifs is 1. The SMILES string of the molecule is CC(C)(C)OC(=O)NCCCN=C1Nc2ccccc2N([O-])N1. The van der Waals surface area contributed by atoms with Gasteiger partial charge in [0.15, 0.2) is 0 Å². The summed E-state index contributed by atoms with van der Waals surface area (Å²) < 4.78 is 5.13. The molecule has 1 heterocycles. The van der Waals surface area contributed by atoms with E-state index in [1.54, 1.807) is 18.2 Å². The van der Waals surface area contributed by atoms with E-state index in [1.165, 1.54) is 0 Å². The maximum atomic E-state index is 11.8. The molecule has 126 valence electrons. The smallest absolute Gasteiger partial charge is 0.407 e. The van der Waals surface area contributed by atoms with E-state index in [-0.39, 0.29) is 0 Å². The Balaban J connectivity index is 1.74. The van der Waals surface area contributed by atoms with Gasteiger partial charge >= 0.3 is 6.09 Å². The first-order valence-electron chi connectivity index (χ1n) is 7.46. The van der Waals surface area contributed by atoms with Crippen molar-refractivity contribution >= 4 is 23.4 Å². The number of para-hydroxylation sites is 2. The van der Waals surface area contributed by atoms with Gasteiger partial charge in [-0.05, 0) is 39.3 Å². The fourth-order valence-corrected chi connectivity index (χ4v) is 1.92. The highest BCUT2D eigenvalue weighted by Crippen LogP contribution is 2.26. The second-order valence-corrected chi connectivity index (χ2v) is 6.06. The molecule has 2 rings (SSSR count). The third-order valence-corrected chi connectivity index (χ3v) is 2.86. The highest BCUT2D eigenvalue weighted by atomic mass is 16.6. The quantitative estimate of drug-likeness (QED) is 0.735. The lowest BCUT2D eigenvalue weighted by molar-refractivity contribution is 0.0527. The fraction of sp³-hybridized carbons (Fsp3) is 0.467. The van der Waals surface area contributed by atoms with Crippen molar-refractivity contribution in [3.63, 3.8) is 0 Å². The number of ether oxygens (including phenoxy) is 1. The van der Waals surface area contributed by atoms with Crippen molar-refractivity contribution in [3.8, 4) is 0 Å². The van der Waals surface area contributed by atoms with Crippen LogP contribution in [0.4, 0.5) is 16.2 Å². The fourth-order valence-electron chi connectivity index (χ4n) is 1.92. The van der Waals surface area contributed by atoms with Crippen LogP contribution < -0.4 is 21.2 Å². The molecule has 0 bridgehead atoms. The summed E-state index contributed by atoms with van der Waals surface area (Å²) in [5.41, 5.74) is 3.31. The maximum absolute atomic E-state index is 11.8. The van der Waals surface area contributed by atoms with Gasteiger partial charge in [-0.3, -0.25) is 10.4 Å². The van der Waals surface area contributed by atoms with Crippen LogP contribution in [0.3, 0.4) is 0 Å². The monoisotopic (exact) mass is 320 g/mol. The molecular weight excluding hydrogens is 298 g/mol. The predicted octanol–water partition coefficient (Wildman–Crippen LogP) is 2.19. The van der Waals surface area contributed by atoms with Crippen molar-refractivity contribution in [2.75, 3.05) is 23.6 Å². The Hall–Kier alpha value is -2.48. The number of carbonyl (C=O) groups excluding carboxylic acids is 1. The molecule has 0 aromatic heterocycles. The summed E-state index contributed by atoms with van der Waals surface area (Å²) in [6, 6.07) is 7.15. The molecule has 0 fully saturated rings. The van der Waals surface area contributed by atoms with Crippen LogP contribution >= 0.6 is 0 Å². The Morgan fingerprint density at radius 3 is 2.87 bits per heavy atom. The number of hydrazine groups is 1. The summed E-state index contributed by atoms with van der Waals surface area (Å²) in [6.07, 6.45) is 0.186. The Kier molecular flexibility index (Phi) is 5.28. The van der Waals surface area contributed by atoms with Crippen LogP contribution in [0.15, 0.2) is 29.3 Å². The van der Waals surface area contributed by atoms with E-state index in [1.807, 2.05) is 26.8 Å². The average molecular weight is 320 g/mol. The molecule has 0 spiro atoms. The number of hydrogen-bond donors (Lipinski definition) is 3. The summed E-state index contributed by atoms with van der Waals surface area (Å²) in [7, 11) is 0. The standard InChI is InChI=1S/C15H22N5O3/c1-15(2,3)23-14(21)17-10-6-9-16-13-18-11-7-4-5-8-12(11)20(22)19-13/h4-5,7-8H,6,9-10H2,1-3H3,(H,17,21)(H2,16,18,19)/q-1. The molecule has 1 aromatic carbocycles. The van der Waals surface area contributed by atoms with E-state index in [9.17, 15) is 10.0 Å². The Bertz CT molecular complexity index is 583. The Morgan fingerprint density at radius 1 is 1.39 bits per heavy atom. The van der Waals surface area contributed by atoms with Crippen LogP contribution in [-0.2, 0) is 4.74 Å². The topological polar surface area (TPSA) is 101 Å². The van der Waals surface area contributed by atoms with Crippen LogP contribution in [0.1, 0.15) is 27.2 Å². The molecule has 0 saturated carbocycles. The molecule has 0 aliphatic carbocycles. The molecule has 0 saturated heterocycles. The molecular formula is C15H22N5O3-. The molecule has 1 aromatic rings. The first kappa shape index (κ1) is 16.9. The lowest BCUT2D eigenvalue weighted by Gasteiger charge is -2.38. The highest BCUT2D eigenvalue weighted by Gasteiger charge is 2.15. The van der Waals surface area contributed by atoms with E-state index in [0.717, 1.165) is 0 Å². The van der Waals surface area contributed by atoms with Crippen LogP contribution in [0.25, 0.3) is 0 Å². The van der Waals surface area contributed by atoms with Crippen LogP contribution in [0.5, 0.6) is 0 Å². The summed E-state index contributed by atoms with van der Waals surface area (Å²) >= 11 is 0. The number of rotatable bonds is 4. The number of alkyl carbamates (subject to hydrolysis) is 1. The molecule has 0 unspecified atom stereocenters. The molecule has 0 atom stereocenters. The van der Waals surface area contributed by atoms with Crippen molar-refractivity contribution in [2.24, 2.45) is 4.99 Å². The van der Waals surface area contributed by atoms with Gasteiger partial charge in [-0.2, -0.15) is 0 Å². The van der Waals surface area contributed by atoms with Crippen LogP contribution in [0.2, 0.25) is 0 Å². The highest BCUT2D eigenvalue weighted by molar-refractivity contribution is 6.00. The minimum Gasteiger partial charge on any atom is -0.739 e. The first-order valence-corrected chi connectivity index (χ1v) is 7.46. The van der Waals surface area contributed by atoms with E-state index >= 15 is 0 Å². The third-order valence-electron chi connectivity index (χ3n) is 2.86. The number of nitrogens with zero attached hydrogens (tertiary/aromatic N) is 2. The third kappa shape index (κ3) is 5.33.